The minimum Gasteiger partial charge on any atom is -0.628 e. The third kappa shape index (κ3) is 9.46. The molecule has 0 saturated carbocycles. The monoisotopic (exact) mass is 192 g/mol. The number of hydrogen-bond acceptors (Lipinski definition) is 3. The van der Waals surface area contributed by atoms with E-state index in [1.807, 2.05) is 23.5 Å². The Bertz CT molecular complexity index is 145. The average molecular weight is 192 g/mol. The summed E-state index contributed by atoms with van der Waals surface area (Å²) in [6.45, 7) is 3.74. The molecule has 70 valence electrons. The number of allylic oxidation sites excluding steroid dienone is 1. The molecule has 0 aromatic carbocycles. The molecular formula is C6H13AlO5. The second-order valence-corrected chi connectivity index (χ2v) is 1.86. The van der Waals surface area contributed by atoms with Crippen LogP contribution in [0, 0.1) is 0 Å². The Morgan fingerprint density at radius 2 is 2.00 bits per heavy atom. The van der Waals surface area contributed by atoms with Crippen LogP contribution in [0.15, 0.2) is 12.0 Å². The van der Waals surface area contributed by atoms with Crippen LogP contribution < -0.4 is 0 Å². The Kier molecular flexibility index (Phi) is 15.3. The second-order valence-electron chi connectivity index (χ2n) is 1.62. The fourth-order valence-electron chi connectivity index (χ4n) is 0.418. The van der Waals surface area contributed by atoms with Crippen LogP contribution in [-0.4, -0.2) is 40.0 Å². The summed E-state index contributed by atoms with van der Waals surface area (Å²) in [5, 5.41) is 0. The zero-order valence-electron chi connectivity index (χ0n) is 7.09. The number of ketones is 1. The van der Waals surface area contributed by atoms with E-state index in [9.17, 15) is 4.79 Å². The van der Waals surface area contributed by atoms with Crippen molar-refractivity contribution in [2.45, 2.75) is 13.8 Å². The molecule has 6 heteroatoms. The normalized spacial score (nSPS) is 9.00. The highest BCUT2D eigenvalue weighted by Gasteiger charge is 1.94. The van der Waals surface area contributed by atoms with Gasteiger partial charge >= 0.3 is 16.6 Å². The SMILES string of the molecule is CCO/C(=C/C(C)=O)[O][Al].O.O. The van der Waals surface area contributed by atoms with Gasteiger partial charge in [0.25, 0.3) is 0 Å². The predicted octanol–water partition coefficient (Wildman–Crippen LogP) is -1.10. The van der Waals surface area contributed by atoms with Gasteiger partial charge in [0, 0.05) is 0 Å². The third-order valence-electron chi connectivity index (χ3n) is 0.724. The molecule has 0 bridgehead atoms. The highest BCUT2D eigenvalue weighted by Crippen LogP contribution is 1.96. The van der Waals surface area contributed by atoms with Gasteiger partial charge in [0.15, 0.2) is 5.78 Å². The lowest BCUT2D eigenvalue weighted by atomic mass is 10.4. The van der Waals surface area contributed by atoms with Crippen molar-refractivity contribution in [2.75, 3.05) is 6.61 Å². The van der Waals surface area contributed by atoms with Crippen LogP contribution in [-0.2, 0) is 13.3 Å². The number of carbonyl (C=O) groups is 1. The van der Waals surface area contributed by atoms with Crippen LogP contribution in [0.4, 0.5) is 0 Å². The average Bonchev–Trinajstić information content (AvgIpc) is 1.86. The summed E-state index contributed by atoms with van der Waals surface area (Å²) in [7, 11) is 0. The van der Waals surface area contributed by atoms with Gasteiger partial charge in [-0.25, -0.2) is 0 Å². The maximum Gasteiger partial charge on any atom is 0.485 e. The van der Waals surface area contributed by atoms with Crippen LogP contribution in [0.2, 0.25) is 0 Å². The second kappa shape index (κ2) is 10.5. The van der Waals surface area contributed by atoms with E-state index >= 15 is 0 Å². The van der Waals surface area contributed by atoms with Crippen molar-refractivity contribution in [3.63, 3.8) is 0 Å². The molecule has 0 spiro atoms. The van der Waals surface area contributed by atoms with Gasteiger partial charge in [-0.05, 0) is 13.8 Å². The largest absolute Gasteiger partial charge is 0.628 e. The molecule has 0 aromatic heterocycles. The van der Waals surface area contributed by atoms with Gasteiger partial charge < -0.3 is 19.5 Å². The molecule has 5 nitrogen and oxygen atoms in total. The van der Waals surface area contributed by atoms with E-state index in [1.54, 1.807) is 0 Å². The molecule has 0 aromatic rings. The maximum absolute atomic E-state index is 10.4. The first-order chi connectivity index (χ1) is 4.70. The van der Waals surface area contributed by atoms with Crippen LogP contribution in [0.1, 0.15) is 13.8 Å². The fourth-order valence-corrected chi connectivity index (χ4v) is 0.554. The van der Waals surface area contributed by atoms with Crippen molar-refractivity contribution in [2.24, 2.45) is 0 Å². The molecule has 0 aliphatic carbocycles. The van der Waals surface area contributed by atoms with Gasteiger partial charge in [-0.15, -0.1) is 0 Å². The molecule has 0 aliphatic rings. The van der Waals surface area contributed by atoms with E-state index in [-0.39, 0.29) is 22.7 Å². The van der Waals surface area contributed by atoms with E-state index in [1.165, 1.54) is 13.0 Å². The quantitative estimate of drug-likeness (QED) is 0.321. The first-order valence-corrected chi connectivity index (χ1v) is 3.39. The van der Waals surface area contributed by atoms with Crippen molar-refractivity contribution in [1.82, 2.24) is 0 Å². The molecule has 0 atom stereocenters. The standard InChI is InChI=1S/C6H10O3.Al.2H2O/c1-3-9-6(8)4-5(2)7;;;/h4,8H,3H2,1-2H3;;2*1H2/q;+1;;/p-1/b6-4+;;;. The van der Waals surface area contributed by atoms with Crippen LogP contribution in [0.5, 0.6) is 0 Å². The molecule has 0 saturated heterocycles. The van der Waals surface area contributed by atoms with E-state index in [0.29, 0.717) is 6.61 Å². The van der Waals surface area contributed by atoms with Gasteiger partial charge in [0.05, 0.1) is 12.7 Å². The van der Waals surface area contributed by atoms with E-state index in [0.717, 1.165) is 0 Å². The molecule has 0 rings (SSSR count). The van der Waals surface area contributed by atoms with Crippen molar-refractivity contribution < 1.29 is 24.3 Å². The topological polar surface area (TPSA) is 98.5 Å². The van der Waals surface area contributed by atoms with Gasteiger partial charge in [0.2, 0.25) is 5.95 Å². The molecule has 0 unspecified atom stereocenters. The Balaban J connectivity index is -0.000000405. The lowest BCUT2D eigenvalue weighted by Gasteiger charge is -2.06. The lowest BCUT2D eigenvalue weighted by molar-refractivity contribution is -0.113. The summed E-state index contributed by atoms with van der Waals surface area (Å²) in [6.07, 6.45) is 1.29. The van der Waals surface area contributed by atoms with E-state index < -0.39 is 0 Å². The highest BCUT2D eigenvalue weighted by molar-refractivity contribution is 5.99. The van der Waals surface area contributed by atoms with Gasteiger partial charge in [0.1, 0.15) is 0 Å². The minimum atomic E-state index is -0.0918. The smallest absolute Gasteiger partial charge is 0.485 e. The lowest BCUT2D eigenvalue weighted by Crippen LogP contribution is -1.97. The molecular weight excluding hydrogens is 179 g/mol. The molecule has 4 N–H and O–H groups in total. The van der Waals surface area contributed by atoms with Crippen LogP contribution >= 0.6 is 0 Å². The summed E-state index contributed by atoms with van der Waals surface area (Å²) in [5.74, 6) is 0.144. The molecule has 2 radical (unpaired) electrons. The molecule has 0 heterocycles. The number of ether oxygens (including phenoxy) is 1. The predicted molar refractivity (Wildman–Crippen MR) is 44.5 cm³/mol. The first-order valence-electron chi connectivity index (χ1n) is 2.92. The van der Waals surface area contributed by atoms with Crippen LogP contribution in [0.25, 0.3) is 0 Å². The number of carbonyl (C=O) groups excluding carboxylic acids is 1. The number of hydrogen-bond donors (Lipinski definition) is 0. The molecule has 0 amide bonds. The molecule has 12 heavy (non-hydrogen) atoms. The van der Waals surface area contributed by atoms with Crippen molar-refractivity contribution >= 4 is 22.4 Å². The summed E-state index contributed by atoms with van der Waals surface area (Å²) < 4.78 is 9.54. The summed E-state index contributed by atoms with van der Waals surface area (Å²) in [4.78, 5) is 10.4. The summed E-state index contributed by atoms with van der Waals surface area (Å²) in [5.41, 5.74) is 0. The first kappa shape index (κ1) is 17.5. The Labute approximate surface area is 79.7 Å². The van der Waals surface area contributed by atoms with Crippen LogP contribution in [0.3, 0.4) is 0 Å². The third-order valence-corrected chi connectivity index (χ3v) is 0.956. The molecule has 0 fully saturated rings. The summed E-state index contributed by atoms with van der Waals surface area (Å²) >= 11 is 2.01. The Morgan fingerprint density at radius 1 is 1.50 bits per heavy atom. The zero-order valence-corrected chi connectivity index (χ0v) is 8.24. The van der Waals surface area contributed by atoms with Gasteiger partial charge in [-0.2, -0.15) is 0 Å². The fraction of sp³-hybridized carbons (Fsp3) is 0.500. The van der Waals surface area contributed by atoms with E-state index in [2.05, 4.69) is 3.79 Å². The minimum absolute atomic E-state index is 0. The summed E-state index contributed by atoms with van der Waals surface area (Å²) in [6, 6.07) is 0. The Hall–Kier alpha value is -0.538. The van der Waals surface area contributed by atoms with E-state index in [4.69, 9.17) is 4.74 Å². The highest BCUT2D eigenvalue weighted by atomic mass is 27.1. The molecule has 0 aliphatic heterocycles. The van der Waals surface area contributed by atoms with Gasteiger partial charge in [-0.1, -0.05) is 0 Å². The number of rotatable bonds is 4. The Morgan fingerprint density at radius 3 is 2.25 bits per heavy atom. The maximum atomic E-state index is 10.4. The van der Waals surface area contributed by atoms with Crippen molar-refractivity contribution in [3.8, 4) is 0 Å². The van der Waals surface area contributed by atoms with Crippen molar-refractivity contribution in [1.29, 1.82) is 0 Å². The van der Waals surface area contributed by atoms with Crippen molar-refractivity contribution in [3.05, 3.63) is 12.0 Å². The van der Waals surface area contributed by atoms with Gasteiger partial charge in [-0.3, -0.25) is 4.79 Å². The zero-order chi connectivity index (χ0) is 7.98.